The number of unbranched alkanes of at least 4 members (excludes halogenated alkanes) is 10. The average Bonchev–Trinajstić information content (AvgIpc) is 3.39. The van der Waals surface area contributed by atoms with Crippen molar-refractivity contribution in [2.24, 2.45) is 0 Å². The summed E-state index contributed by atoms with van der Waals surface area (Å²) in [6.07, 6.45) is 88.0. The van der Waals surface area contributed by atoms with Crippen molar-refractivity contribution >= 4 is 17.9 Å². The maximum absolute atomic E-state index is 12.8. The molecule has 0 heterocycles. The second kappa shape index (κ2) is 59.3. The first kappa shape index (κ1) is 67.8. The van der Waals surface area contributed by atoms with Crippen LogP contribution >= 0.6 is 0 Å². The number of allylic oxidation sites excluding steroid dienone is 28. The highest BCUT2D eigenvalue weighted by atomic mass is 16.6. The van der Waals surface area contributed by atoms with E-state index in [1.165, 1.54) is 25.7 Å². The van der Waals surface area contributed by atoms with E-state index in [0.29, 0.717) is 19.3 Å². The van der Waals surface area contributed by atoms with Gasteiger partial charge in [-0.3, -0.25) is 14.4 Å². The molecule has 1 unspecified atom stereocenters. The Morgan fingerprint density at radius 3 is 0.877 bits per heavy atom. The van der Waals surface area contributed by atoms with Crippen molar-refractivity contribution in [1.29, 1.82) is 0 Å². The standard InChI is InChI=1S/C67H102O6/c1-4-7-10-13-16-18-20-22-24-26-28-30-32-33-35-36-38-40-42-44-46-48-51-54-57-60-66(69)72-63-64(62-71-65(68)59-56-53-50-15-12-9-6-3)73-67(70)61-58-55-52-49-47-45-43-41-39-37-34-31-29-27-25-23-21-19-17-14-11-8-5-2/h7-8,10-11,16-19,22-25,28-31,33,35,37-40,43-46,49,52,64H,4-6,9,12-15,20-21,26-27,32,34,36,41-42,47-48,50-51,53-63H2,1-3H3/b10-7-,11-8-,18-16-,19-17-,24-22-,25-23-,30-28-,31-29-,35-33-,39-37-,40-38-,45-43-,46-44-,52-49-. The Bertz CT molecular complexity index is 1720. The summed E-state index contributed by atoms with van der Waals surface area (Å²) in [6.45, 7) is 6.26. The molecule has 0 N–H and O–H groups in total. The third kappa shape index (κ3) is 57.5. The van der Waals surface area contributed by atoms with Crippen molar-refractivity contribution in [3.8, 4) is 0 Å². The van der Waals surface area contributed by atoms with Gasteiger partial charge < -0.3 is 14.2 Å². The van der Waals surface area contributed by atoms with Crippen LogP contribution in [0.1, 0.15) is 213 Å². The summed E-state index contributed by atoms with van der Waals surface area (Å²) >= 11 is 0. The first-order chi connectivity index (χ1) is 36.0. The summed E-state index contributed by atoms with van der Waals surface area (Å²) < 4.78 is 16.7. The quantitative estimate of drug-likeness (QED) is 0.0261. The fourth-order valence-electron chi connectivity index (χ4n) is 7.00. The van der Waals surface area contributed by atoms with Gasteiger partial charge >= 0.3 is 17.9 Å². The smallest absolute Gasteiger partial charge is 0.306 e. The lowest BCUT2D eigenvalue weighted by Gasteiger charge is -2.18. The highest BCUT2D eigenvalue weighted by molar-refractivity contribution is 5.71. The van der Waals surface area contributed by atoms with E-state index in [1.54, 1.807) is 0 Å². The van der Waals surface area contributed by atoms with E-state index in [2.05, 4.69) is 191 Å². The van der Waals surface area contributed by atoms with Crippen molar-refractivity contribution in [2.75, 3.05) is 13.2 Å². The van der Waals surface area contributed by atoms with Crippen LogP contribution in [0.3, 0.4) is 0 Å². The first-order valence-corrected chi connectivity index (χ1v) is 28.6. The van der Waals surface area contributed by atoms with E-state index >= 15 is 0 Å². The molecule has 0 aromatic carbocycles. The Morgan fingerprint density at radius 1 is 0.288 bits per heavy atom. The molecule has 0 fully saturated rings. The summed E-state index contributed by atoms with van der Waals surface area (Å²) in [5, 5.41) is 0. The molecule has 0 rings (SSSR count). The molecule has 0 aromatic heterocycles. The van der Waals surface area contributed by atoms with Crippen LogP contribution < -0.4 is 0 Å². The van der Waals surface area contributed by atoms with Gasteiger partial charge in [-0.25, -0.2) is 0 Å². The fraction of sp³-hybridized carbons (Fsp3) is 0.537. The topological polar surface area (TPSA) is 78.9 Å². The average molecular weight is 1000 g/mol. The molecule has 0 amide bonds. The highest BCUT2D eigenvalue weighted by Crippen LogP contribution is 2.11. The molecule has 6 nitrogen and oxygen atoms in total. The highest BCUT2D eigenvalue weighted by Gasteiger charge is 2.19. The molecule has 0 spiro atoms. The summed E-state index contributed by atoms with van der Waals surface area (Å²) in [5.74, 6) is -1.03. The van der Waals surface area contributed by atoms with Crippen molar-refractivity contribution in [1.82, 2.24) is 0 Å². The number of hydrogen-bond acceptors (Lipinski definition) is 6. The molecule has 0 radical (unpaired) electrons. The molecule has 0 aliphatic heterocycles. The fourth-order valence-corrected chi connectivity index (χ4v) is 7.00. The lowest BCUT2D eigenvalue weighted by molar-refractivity contribution is -0.167. The number of hydrogen-bond donors (Lipinski definition) is 0. The van der Waals surface area contributed by atoms with E-state index < -0.39 is 6.10 Å². The largest absolute Gasteiger partial charge is 0.462 e. The maximum Gasteiger partial charge on any atom is 0.306 e. The second-order valence-corrected chi connectivity index (χ2v) is 18.1. The van der Waals surface area contributed by atoms with Gasteiger partial charge in [0.25, 0.3) is 0 Å². The van der Waals surface area contributed by atoms with Crippen molar-refractivity contribution in [2.45, 2.75) is 219 Å². The zero-order valence-corrected chi connectivity index (χ0v) is 46.3. The van der Waals surface area contributed by atoms with Crippen LogP contribution in [-0.2, 0) is 28.6 Å². The molecule has 406 valence electrons. The molecule has 0 saturated heterocycles. The zero-order valence-electron chi connectivity index (χ0n) is 46.3. The van der Waals surface area contributed by atoms with Crippen LogP contribution in [0.4, 0.5) is 0 Å². The monoisotopic (exact) mass is 1000 g/mol. The summed E-state index contributed by atoms with van der Waals surface area (Å²) in [5.41, 5.74) is 0. The van der Waals surface area contributed by atoms with Crippen molar-refractivity contribution in [3.05, 3.63) is 170 Å². The molecular formula is C67H102O6. The van der Waals surface area contributed by atoms with Crippen LogP contribution in [0.15, 0.2) is 170 Å². The Hall–Kier alpha value is -5.23. The van der Waals surface area contributed by atoms with Crippen molar-refractivity contribution < 1.29 is 28.6 Å². The molecule has 0 aliphatic carbocycles. The van der Waals surface area contributed by atoms with Gasteiger partial charge in [0, 0.05) is 19.3 Å². The molecule has 6 heteroatoms. The summed E-state index contributed by atoms with van der Waals surface area (Å²) in [7, 11) is 0. The maximum atomic E-state index is 12.8. The Morgan fingerprint density at radius 2 is 0.548 bits per heavy atom. The number of carbonyl (C=O) groups excluding carboxylic acids is 3. The summed E-state index contributed by atoms with van der Waals surface area (Å²) in [6, 6.07) is 0. The lowest BCUT2D eigenvalue weighted by Crippen LogP contribution is -2.30. The van der Waals surface area contributed by atoms with Gasteiger partial charge in [0.05, 0.1) is 0 Å². The third-order valence-electron chi connectivity index (χ3n) is 11.2. The van der Waals surface area contributed by atoms with Gasteiger partial charge in [0.1, 0.15) is 13.2 Å². The van der Waals surface area contributed by atoms with Crippen LogP contribution in [0.5, 0.6) is 0 Å². The van der Waals surface area contributed by atoms with Crippen LogP contribution in [0.2, 0.25) is 0 Å². The van der Waals surface area contributed by atoms with Gasteiger partial charge in [-0.15, -0.1) is 0 Å². The molecule has 73 heavy (non-hydrogen) atoms. The SMILES string of the molecule is CC/C=C\C/C=C\C/C=C\C/C=C\C/C=C\C/C=C\C/C=C\CCCCCC(=O)OCC(COC(=O)CCCCCCCCC)OC(=O)CCC/C=C\C/C=C\C/C=C\C/C=C\C/C=C\C/C=C\C/C=C\CC. The minimum Gasteiger partial charge on any atom is -0.462 e. The third-order valence-corrected chi connectivity index (χ3v) is 11.2. The Labute approximate surface area is 447 Å². The van der Waals surface area contributed by atoms with E-state index in [0.717, 1.165) is 141 Å². The van der Waals surface area contributed by atoms with Crippen LogP contribution in [0, 0.1) is 0 Å². The molecule has 0 bridgehead atoms. The second-order valence-electron chi connectivity index (χ2n) is 18.1. The van der Waals surface area contributed by atoms with E-state index in [9.17, 15) is 14.4 Å². The number of carbonyl (C=O) groups is 3. The number of ether oxygens (including phenoxy) is 3. The van der Waals surface area contributed by atoms with Gasteiger partial charge in [0.15, 0.2) is 6.10 Å². The van der Waals surface area contributed by atoms with Gasteiger partial charge in [0.2, 0.25) is 0 Å². The zero-order chi connectivity index (χ0) is 52.9. The molecule has 0 saturated carbocycles. The minimum absolute atomic E-state index is 0.120. The predicted octanol–water partition coefficient (Wildman–Crippen LogP) is 19.5. The van der Waals surface area contributed by atoms with E-state index in [4.69, 9.17) is 14.2 Å². The van der Waals surface area contributed by atoms with Crippen LogP contribution in [-0.4, -0.2) is 37.2 Å². The minimum atomic E-state index is -0.829. The molecule has 0 aromatic rings. The number of rotatable bonds is 49. The number of esters is 3. The van der Waals surface area contributed by atoms with Crippen molar-refractivity contribution in [3.63, 3.8) is 0 Å². The molecule has 0 aliphatic rings. The van der Waals surface area contributed by atoms with E-state index in [-0.39, 0.29) is 37.5 Å². The normalized spacial score (nSPS) is 13.4. The Kier molecular flexibility index (Phi) is 55.1. The molecule has 1 atom stereocenters. The van der Waals surface area contributed by atoms with E-state index in [1.807, 2.05) is 0 Å². The lowest BCUT2D eigenvalue weighted by atomic mass is 10.1. The molecular weight excluding hydrogens is 901 g/mol. The van der Waals surface area contributed by atoms with Gasteiger partial charge in [-0.05, 0) is 128 Å². The van der Waals surface area contributed by atoms with Gasteiger partial charge in [-0.2, -0.15) is 0 Å². The summed E-state index contributed by atoms with van der Waals surface area (Å²) in [4.78, 5) is 37.9. The Balaban J connectivity index is 4.42. The first-order valence-electron chi connectivity index (χ1n) is 28.6. The predicted molar refractivity (Wildman–Crippen MR) is 315 cm³/mol. The van der Waals surface area contributed by atoms with Crippen LogP contribution in [0.25, 0.3) is 0 Å². The van der Waals surface area contributed by atoms with Gasteiger partial charge in [-0.1, -0.05) is 236 Å².